The highest BCUT2D eigenvalue weighted by atomic mass is 16.2. The minimum absolute atomic E-state index is 0.0123. The summed E-state index contributed by atoms with van der Waals surface area (Å²) in [5, 5.41) is 16.5. The van der Waals surface area contributed by atoms with Gasteiger partial charge in [-0.1, -0.05) is 13.0 Å². The summed E-state index contributed by atoms with van der Waals surface area (Å²) in [5.41, 5.74) is 1.77. The maximum atomic E-state index is 12.8. The Morgan fingerprint density at radius 1 is 1.41 bits per heavy atom. The minimum atomic E-state index is -0.459. The van der Waals surface area contributed by atoms with Gasteiger partial charge in [0.1, 0.15) is 0 Å². The van der Waals surface area contributed by atoms with Gasteiger partial charge < -0.3 is 16.5 Å². The highest BCUT2D eigenvalue weighted by Gasteiger charge is 2.39. The van der Waals surface area contributed by atoms with E-state index >= 15 is 0 Å². The fourth-order valence-electron chi connectivity index (χ4n) is 4.70. The van der Waals surface area contributed by atoms with Crippen molar-refractivity contribution in [2.75, 3.05) is 25.5 Å². The second kappa shape index (κ2) is 7.32. The van der Waals surface area contributed by atoms with Gasteiger partial charge in [0.05, 0.1) is 17.0 Å². The third kappa shape index (κ3) is 3.24. The van der Waals surface area contributed by atoms with Crippen LogP contribution in [-0.4, -0.2) is 28.9 Å². The Kier molecular flexibility index (Phi) is 4.97. The quantitative estimate of drug-likeness (QED) is 0.496. The zero-order valence-corrected chi connectivity index (χ0v) is 17.0. The highest BCUT2D eigenvalue weighted by Crippen LogP contribution is 2.42. The van der Waals surface area contributed by atoms with E-state index in [-0.39, 0.29) is 17.5 Å². The Balaban J connectivity index is 1.93. The molecular weight excluding hydrogens is 368 g/mol. The molecule has 8 heteroatoms. The zero-order valence-electron chi connectivity index (χ0n) is 17.0. The number of hydrogen-bond acceptors (Lipinski definition) is 6. The molecule has 0 radical (unpaired) electrons. The normalized spacial score (nSPS) is 22.7. The number of nitrogens with zero attached hydrogens (tertiary/aromatic N) is 3. The van der Waals surface area contributed by atoms with Crippen molar-refractivity contribution in [3.05, 3.63) is 44.1 Å². The summed E-state index contributed by atoms with van der Waals surface area (Å²) in [6.45, 7) is 6.64. The van der Waals surface area contributed by atoms with Gasteiger partial charge in [0.15, 0.2) is 0 Å². The van der Waals surface area contributed by atoms with Crippen molar-refractivity contribution < 1.29 is 0 Å². The van der Waals surface area contributed by atoms with Gasteiger partial charge in [-0.05, 0) is 49.9 Å². The Labute approximate surface area is 169 Å². The van der Waals surface area contributed by atoms with E-state index in [4.69, 9.17) is 11.1 Å². The summed E-state index contributed by atoms with van der Waals surface area (Å²) in [7, 11) is 0. The van der Waals surface area contributed by atoms with Crippen molar-refractivity contribution in [2.45, 2.75) is 51.6 Å². The molecule has 1 aromatic heterocycles. The molecule has 2 unspecified atom stereocenters. The second-order valence-electron chi connectivity index (χ2n) is 8.61. The molecule has 0 spiro atoms. The summed E-state index contributed by atoms with van der Waals surface area (Å²) < 4.78 is 2.43. The van der Waals surface area contributed by atoms with Crippen LogP contribution >= 0.6 is 0 Å². The first-order valence-electron chi connectivity index (χ1n) is 10.3. The summed E-state index contributed by atoms with van der Waals surface area (Å²) >= 11 is 0. The number of rotatable bonds is 6. The van der Waals surface area contributed by atoms with Gasteiger partial charge in [-0.2, -0.15) is 9.94 Å². The fraction of sp³-hybridized carbons (Fsp3) is 0.571. The number of nitrogens with one attached hydrogen (secondary N) is 2. The van der Waals surface area contributed by atoms with Crippen molar-refractivity contribution in [1.29, 1.82) is 5.26 Å². The molecule has 29 heavy (non-hydrogen) atoms. The Hall–Kier alpha value is -2.63. The molecule has 2 fully saturated rings. The number of aromatic nitrogens is 2. The lowest BCUT2D eigenvalue weighted by atomic mass is 9.76. The average molecular weight is 396 g/mol. The molecule has 1 aliphatic heterocycles. The molecule has 154 valence electrons. The third-order valence-corrected chi connectivity index (χ3v) is 6.48. The molecule has 1 saturated heterocycles. The van der Waals surface area contributed by atoms with Crippen LogP contribution < -0.4 is 27.7 Å². The number of nitrogens with two attached hydrogens (primary N) is 1. The molecule has 1 saturated carbocycles. The summed E-state index contributed by atoms with van der Waals surface area (Å²) in [4.78, 5) is 25.5. The summed E-state index contributed by atoms with van der Waals surface area (Å²) in [5.74, 6) is 5.78. The predicted molar refractivity (Wildman–Crippen MR) is 112 cm³/mol. The lowest BCUT2D eigenvalue weighted by Gasteiger charge is -2.36. The number of nitrogen functional groups attached to an aromatic ring is 1. The fourth-order valence-corrected chi connectivity index (χ4v) is 4.70. The number of aryl methyl sites for hydroxylation is 1. The molecule has 0 amide bonds. The summed E-state index contributed by atoms with van der Waals surface area (Å²) in [6.07, 6.45) is 3.27. The molecule has 1 aliphatic carbocycles. The SMILES string of the molecule is Cc1c(C(NCCC#N)C2(C)CCNC2)ccc2c(=O)n(N)c(=O)n(C3CC3)c12. The smallest absolute Gasteiger partial charge is 0.332 e. The van der Waals surface area contributed by atoms with E-state index in [0.29, 0.717) is 23.9 Å². The molecule has 8 nitrogen and oxygen atoms in total. The van der Waals surface area contributed by atoms with Gasteiger partial charge in [0, 0.05) is 37.0 Å². The van der Waals surface area contributed by atoms with E-state index in [0.717, 1.165) is 48.2 Å². The molecule has 2 aromatic rings. The van der Waals surface area contributed by atoms with Crippen LogP contribution in [0.1, 0.15) is 55.8 Å². The number of benzene rings is 1. The monoisotopic (exact) mass is 396 g/mol. The maximum Gasteiger partial charge on any atom is 0.350 e. The van der Waals surface area contributed by atoms with Crippen molar-refractivity contribution >= 4 is 10.9 Å². The third-order valence-electron chi connectivity index (χ3n) is 6.48. The van der Waals surface area contributed by atoms with Crippen molar-refractivity contribution in [3.8, 4) is 6.07 Å². The van der Waals surface area contributed by atoms with E-state index in [1.54, 1.807) is 10.6 Å². The zero-order chi connectivity index (χ0) is 20.8. The van der Waals surface area contributed by atoms with Gasteiger partial charge in [-0.15, -0.1) is 0 Å². The predicted octanol–water partition coefficient (Wildman–Crippen LogP) is 1.06. The van der Waals surface area contributed by atoms with E-state index in [9.17, 15) is 9.59 Å². The molecule has 2 heterocycles. The van der Waals surface area contributed by atoms with Gasteiger partial charge in [-0.25, -0.2) is 4.79 Å². The average Bonchev–Trinajstić information content (AvgIpc) is 3.44. The first kappa shape index (κ1) is 19.7. The molecule has 4 rings (SSSR count). The van der Waals surface area contributed by atoms with Crippen LogP contribution in [0, 0.1) is 23.7 Å². The highest BCUT2D eigenvalue weighted by molar-refractivity contribution is 5.83. The molecule has 1 aromatic carbocycles. The Bertz CT molecular complexity index is 1100. The lowest BCUT2D eigenvalue weighted by molar-refractivity contribution is 0.244. The van der Waals surface area contributed by atoms with E-state index in [1.165, 1.54) is 0 Å². The number of fused-ring (bicyclic) bond motifs is 1. The van der Waals surface area contributed by atoms with E-state index < -0.39 is 11.2 Å². The van der Waals surface area contributed by atoms with Crippen LogP contribution in [0.3, 0.4) is 0 Å². The van der Waals surface area contributed by atoms with Gasteiger partial charge in [0.2, 0.25) is 0 Å². The summed E-state index contributed by atoms with van der Waals surface area (Å²) in [6, 6.07) is 6.08. The maximum absolute atomic E-state index is 12.8. The van der Waals surface area contributed by atoms with Crippen LogP contribution in [0.5, 0.6) is 0 Å². The van der Waals surface area contributed by atoms with Crippen LogP contribution in [0.2, 0.25) is 0 Å². The van der Waals surface area contributed by atoms with Crippen LogP contribution in [-0.2, 0) is 0 Å². The van der Waals surface area contributed by atoms with E-state index in [2.05, 4.69) is 23.6 Å². The van der Waals surface area contributed by atoms with Crippen LogP contribution in [0.15, 0.2) is 21.7 Å². The first-order valence-corrected chi connectivity index (χ1v) is 10.3. The Morgan fingerprint density at radius 2 is 2.17 bits per heavy atom. The van der Waals surface area contributed by atoms with Crippen molar-refractivity contribution in [3.63, 3.8) is 0 Å². The molecule has 4 N–H and O–H groups in total. The van der Waals surface area contributed by atoms with Crippen LogP contribution in [0.25, 0.3) is 10.9 Å². The second-order valence-corrected chi connectivity index (χ2v) is 8.61. The van der Waals surface area contributed by atoms with Gasteiger partial charge in [-0.3, -0.25) is 9.36 Å². The number of hydrogen-bond donors (Lipinski definition) is 3. The van der Waals surface area contributed by atoms with Crippen molar-refractivity contribution in [2.24, 2.45) is 5.41 Å². The van der Waals surface area contributed by atoms with Gasteiger partial charge >= 0.3 is 5.69 Å². The minimum Gasteiger partial charge on any atom is -0.332 e. The van der Waals surface area contributed by atoms with E-state index in [1.807, 2.05) is 13.0 Å². The standard InChI is InChI=1S/C21H28N6O2/c1-13-15(18(25-10-3-9-22)21(2)8-11-24-12-21)6-7-16-17(13)26(14-4-5-14)20(29)27(23)19(16)28/h6-7,14,18,24-25H,3-5,8,10-12,23H2,1-2H3. The van der Waals surface area contributed by atoms with Crippen LogP contribution in [0.4, 0.5) is 0 Å². The van der Waals surface area contributed by atoms with Gasteiger partial charge in [0.25, 0.3) is 5.56 Å². The van der Waals surface area contributed by atoms with Crippen molar-refractivity contribution in [1.82, 2.24) is 19.9 Å². The first-order chi connectivity index (χ1) is 13.9. The Morgan fingerprint density at radius 3 is 2.79 bits per heavy atom. The lowest BCUT2D eigenvalue weighted by Crippen LogP contribution is -2.45. The molecular formula is C21H28N6O2. The number of nitriles is 1. The molecule has 2 atom stereocenters. The largest absolute Gasteiger partial charge is 0.350 e. The topological polar surface area (TPSA) is 118 Å². The molecule has 2 aliphatic rings. The molecule has 0 bridgehead atoms.